The maximum atomic E-state index is 12.8. The van der Waals surface area contributed by atoms with Crippen LogP contribution in [0.5, 0.6) is 0 Å². The number of nitrogens with zero attached hydrogens (tertiary/aromatic N) is 6. The van der Waals surface area contributed by atoms with Crippen molar-refractivity contribution in [2.24, 2.45) is 5.92 Å². The molecule has 2 aromatic heterocycles. The Morgan fingerprint density at radius 1 is 1.11 bits per heavy atom. The monoisotopic (exact) mass is 501 g/mol. The van der Waals surface area contributed by atoms with E-state index in [0.717, 1.165) is 55.0 Å². The van der Waals surface area contributed by atoms with E-state index in [4.69, 9.17) is 9.97 Å². The van der Waals surface area contributed by atoms with E-state index in [1.807, 2.05) is 15.7 Å². The van der Waals surface area contributed by atoms with E-state index in [9.17, 15) is 9.90 Å². The van der Waals surface area contributed by atoms with Crippen LogP contribution in [-0.4, -0.2) is 61.2 Å². The molecule has 1 aliphatic carbocycles. The predicted octanol–water partition coefficient (Wildman–Crippen LogP) is 3.59. The van der Waals surface area contributed by atoms with Crippen LogP contribution in [-0.2, 0) is 17.8 Å². The number of aliphatic hydroxyl groups excluding tert-OH is 1. The molecule has 9 heteroatoms. The van der Waals surface area contributed by atoms with Crippen LogP contribution >= 0.6 is 0 Å². The standard InChI is InChI=1S/C28H35N7O2/c1-17-11-22(12-18(2)19(17)3)34-14-25(29-16-34)31-28-30-24-8-10-33(27(37)20-6-7-20)13-23(24)26(32-28)35-9-4-5-21(35)15-36/h11-12,14,16,20-21,36H,4-10,13,15H2,1-3H3,(H,30,31,32)/t21-/m0/s1. The van der Waals surface area contributed by atoms with Crippen LogP contribution in [0.4, 0.5) is 17.6 Å². The molecule has 2 aliphatic heterocycles. The summed E-state index contributed by atoms with van der Waals surface area (Å²) >= 11 is 0. The van der Waals surface area contributed by atoms with E-state index in [-0.39, 0.29) is 24.5 Å². The van der Waals surface area contributed by atoms with E-state index in [2.05, 4.69) is 48.1 Å². The highest BCUT2D eigenvalue weighted by Crippen LogP contribution is 2.36. The van der Waals surface area contributed by atoms with Gasteiger partial charge in [-0.15, -0.1) is 0 Å². The van der Waals surface area contributed by atoms with Gasteiger partial charge in [-0.2, -0.15) is 4.98 Å². The summed E-state index contributed by atoms with van der Waals surface area (Å²) in [4.78, 5) is 31.4. The van der Waals surface area contributed by atoms with Crippen molar-refractivity contribution in [2.75, 3.05) is 29.9 Å². The van der Waals surface area contributed by atoms with Gasteiger partial charge in [0.1, 0.15) is 12.1 Å². The first-order valence-corrected chi connectivity index (χ1v) is 13.4. The van der Waals surface area contributed by atoms with Gasteiger partial charge in [-0.3, -0.25) is 4.79 Å². The normalized spacial score (nSPS) is 19.3. The molecule has 2 fully saturated rings. The number of hydrogen-bond donors (Lipinski definition) is 2. The lowest BCUT2D eigenvalue weighted by Gasteiger charge is -2.33. The molecule has 0 unspecified atom stereocenters. The van der Waals surface area contributed by atoms with Gasteiger partial charge in [0, 0.05) is 36.7 Å². The van der Waals surface area contributed by atoms with Gasteiger partial charge in [0.15, 0.2) is 5.82 Å². The Bertz CT molecular complexity index is 1320. The lowest BCUT2D eigenvalue weighted by atomic mass is 10.0. The van der Waals surface area contributed by atoms with Crippen molar-refractivity contribution in [3.8, 4) is 5.69 Å². The third-order valence-corrected chi connectivity index (χ3v) is 8.17. The molecule has 1 amide bonds. The Kier molecular flexibility index (Phi) is 6.10. The average molecular weight is 502 g/mol. The molecule has 2 N–H and O–H groups in total. The maximum absolute atomic E-state index is 12.8. The number of aromatic nitrogens is 4. The second kappa shape index (κ2) is 9.45. The third-order valence-electron chi connectivity index (χ3n) is 8.17. The third kappa shape index (κ3) is 4.56. The van der Waals surface area contributed by atoms with Gasteiger partial charge in [0.05, 0.1) is 31.1 Å². The van der Waals surface area contributed by atoms with Crippen molar-refractivity contribution in [2.45, 2.75) is 65.5 Å². The number of aryl methyl sites for hydroxylation is 2. The molecule has 1 saturated heterocycles. The van der Waals surface area contributed by atoms with Gasteiger partial charge in [0.2, 0.25) is 11.9 Å². The van der Waals surface area contributed by atoms with Crippen molar-refractivity contribution in [3.63, 3.8) is 0 Å². The molecular weight excluding hydrogens is 466 g/mol. The van der Waals surface area contributed by atoms with Crippen LogP contribution in [0, 0.1) is 26.7 Å². The summed E-state index contributed by atoms with van der Waals surface area (Å²) in [6, 6.07) is 4.37. The Labute approximate surface area is 217 Å². The largest absolute Gasteiger partial charge is 0.394 e. The van der Waals surface area contributed by atoms with Crippen molar-refractivity contribution >= 4 is 23.5 Å². The Morgan fingerprint density at radius 3 is 2.62 bits per heavy atom. The van der Waals surface area contributed by atoms with Gasteiger partial charge in [0.25, 0.3) is 0 Å². The zero-order valence-corrected chi connectivity index (χ0v) is 21.9. The molecule has 194 valence electrons. The summed E-state index contributed by atoms with van der Waals surface area (Å²) < 4.78 is 2.00. The first kappa shape index (κ1) is 23.9. The number of rotatable bonds is 6. The smallest absolute Gasteiger partial charge is 0.230 e. The van der Waals surface area contributed by atoms with Crippen molar-refractivity contribution in [3.05, 3.63) is 52.6 Å². The molecule has 3 aromatic rings. The summed E-state index contributed by atoms with van der Waals surface area (Å²) in [6.45, 7) is 8.54. The number of fused-ring (bicyclic) bond motifs is 1. The van der Waals surface area contributed by atoms with Crippen molar-refractivity contribution < 1.29 is 9.90 Å². The van der Waals surface area contributed by atoms with E-state index in [0.29, 0.717) is 31.3 Å². The molecule has 0 spiro atoms. The number of carbonyl (C=O) groups is 1. The predicted molar refractivity (Wildman–Crippen MR) is 142 cm³/mol. The zero-order chi connectivity index (χ0) is 25.7. The molecule has 4 heterocycles. The molecule has 0 radical (unpaired) electrons. The van der Waals surface area contributed by atoms with Crippen molar-refractivity contribution in [1.82, 2.24) is 24.4 Å². The first-order valence-electron chi connectivity index (χ1n) is 13.4. The Hall–Kier alpha value is -3.46. The summed E-state index contributed by atoms with van der Waals surface area (Å²) in [7, 11) is 0. The van der Waals surface area contributed by atoms with E-state index < -0.39 is 0 Å². The number of aliphatic hydroxyl groups is 1. The molecule has 1 aromatic carbocycles. The number of hydrogen-bond acceptors (Lipinski definition) is 7. The van der Waals surface area contributed by atoms with Crippen molar-refractivity contribution in [1.29, 1.82) is 0 Å². The van der Waals surface area contributed by atoms with Crippen LogP contribution < -0.4 is 10.2 Å². The minimum atomic E-state index is 0.0357. The van der Waals surface area contributed by atoms with E-state index >= 15 is 0 Å². The molecule has 9 nitrogen and oxygen atoms in total. The average Bonchev–Trinajstić information content (AvgIpc) is 3.46. The van der Waals surface area contributed by atoms with Gasteiger partial charge in [-0.05, 0) is 75.3 Å². The van der Waals surface area contributed by atoms with Gasteiger partial charge in [-0.1, -0.05) is 0 Å². The topological polar surface area (TPSA) is 99.4 Å². The summed E-state index contributed by atoms with van der Waals surface area (Å²) in [6.07, 6.45) is 8.40. The quantitative estimate of drug-likeness (QED) is 0.533. The minimum Gasteiger partial charge on any atom is -0.394 e. The summed E-state index contributed by atoms with van der Waals surface area (Å²) in [5.74, 6) is 2.46. The molecular formula is C28H35N7O2. The number of carbonyl (C=O) groups excluding carboxylic acids is 1. The number of benzene rings is 1. The molecule has 1 atom stereocenters. The molecule has 1 saturated carbocycles. The van der Waals surface area contributed by atoms with Crippen LogP contribution in [0.2, 0.25) is 0 Å². The van der Waals surface area contributed by atoms with E-state index in [1.165, 1.54) is 16.7 Å². The van der Waals surface area contributed by atoms with Crippen LogP contribution in [0.3, 0.4) is 0 Å². The Morgan fingerprint density at radius 2 is 1.89 bits per heavy atom. The van der Waals surface area contributed by atoms with Crippen LogP contribution in [0.25, 0.3) is 5.69 Å². The molecule has 6 rings (SSSR count). The lowest BCUT2D eigenvalue weighted by molar-refractivity contribution is -0.133. The summed E-state index contributed by atoms with van der Waals surface area (Å²) in [5, 5.41) is 13.3. The van der Waals surface area contributed by atoms with Crippen LogP contribution in [0.1, 0.15) is 53.6 Å². The SMILES string of the molecule is Cc1cc(-n2cnc(Nc3nc4c(c(N5CCC[C@H]5CO)n3)CN(C(=O)C3CC3)CC4)c2)cc(C)c1C. The minimum absolute atomic E-state index is 0.0357. The fourth-order valence-corrected chi connectivity index (χ4v) is 5.58. The maximum Gasteiger partial charge on any atom is 0.230 e. The number of anilines is 3. The highest BCUT2D eigenvalue weighted by Gasteiger charge is 2.37. The fraction of sp³-hybridized carbons (Fsp3) is 0.500. The summed E-state index contributed by atoms with van der Waals surface area (Å²) in [5.41, 5.74) is 6.86. The number of amides is 1. The molecule has 0 bridgehead atoms. The van der Waals surface area contributed by atoms with Gasteiger partial charge >= 0.3 is 0 Å². The number of imidazole rings is 1. The highest BCUT2D eigenvalue weighted by atomic mass is 16.3. The fourth-order valence-electron chi connectivity index (χ4n) is 5.58. The van der Waals surface area contributed by atoms with Gasteiger partial charge in [-0.25, -0.2) is 9.97 Å². The molecule has 37 heavy (non-hydrogen) atoms. The lowest BCUT2D eigenvalue weighted by Crippen LogP contribution is -2.40. The zero-order valence-electron chi connectivity index (χ0n) is 21.9. The van der Waals surface area contributed by atoms with Gasteiger partial charge < -0.3 is 24.8 Å². The second-order valence-corrected chi connectivity index (χ2v) is 10.7. The number of nitrogens with one attached hydrogen (secondary N) is 1. The van der Waals surface area contributed by atoms with Crippen LogP contribution in [0.15, 0.2) is 24.7 Å². The first-order chi connectivity index (χ1) is 17.9. The second-order valence-electron chi connectivity index (χ2n) is 10.7. The molecule has 3 aliphatic rings. The Balaban J connectivity index is 1.31. The van der Waals surface area contributed by atoms with E-state index in [1.54, 1.807) is 6.33 Å². The highest BCUT2D eigenvalue weighted by molar-refractivity contribution is 5.81.